The number of aryl methyl sites for hydroxylation is 1. The highest BCUT2D eigenvalue weighted by Crippen LogP contribution is 2.50. The number of carbonyl (C=O) groups excluding carboxylic acids is 1. The molecule has 2 aliphatic rings. The van der Waals surface area contributed by atoms with Crippen LogP contribution in [0.2, 0.25) is 0 Å². The maximum absolute atomic E-state index is 13.3. The Morgan fingerprint density at radius 1 is 0.979 bits per heavy atom. The fraction of sp³-hybridized carbons (Fsp3) is 0.400. The van der Waals surface area contributed by atoms with E-state index in [0.29, 0.717) is 40.5 Å². The van der Waals surface area contributed by atoms with Crippen LogP contribution in [0, 0.1) is 5.41 Å². The Hall–Kier alpha value is -3.97. The maximum Gasteiger partial charge on any atom is 0.331 e. The Labute approximate surface area is 284 Å². The number of benzene rings is 1. The molecule has 250 valence electrons. The summed E-state index contributed by atoms with van der Waals surface area (Å²) in [4.78, 5) is 27.1. The summed E-state index contributed by atoms with van der Waals surface area (Å²) < 4.78 is 23.3. The normalized spacial score (nSPS) is 18.1. The van der Waals surface area contributed by atoms with Crippen molar-refractivity contribution in [2.24, 2.45) is 5.41 Å². The van der Waals surface area contributed by atoms with Gasteiger partial charge in [-0.1, -0.05) is 61.4 Å². The summed E-state index contributed by atoms with van der Waals surface area (Å²) in [6, 6.07) is 7.23. The molecule has 2 aromatic rings. The lowest BCUT2D eigenvalue weighted by atomic mass is 9.72. The lowest BCUT2D eigenvalue weighted by Crippen LogP contribution is -2.19. The lowest BCUT2D eigenvalue weighted by molar-refractivity contribution is -0.143. The maximum atomic E-state index is 13.3. The number of ether oxygens (including phenoxy) is 4. The van der Waals surface area contributed by atoms with Gasteiger partial charge in [0.15, 0.2) is 16.9 Å². The molecule has 0 aliphatic heterocycles. The molecule has 0 saturated carbocycles. The molecule has 0 amide bonds. The summed E-state index contributed by atoms with van der Waals surface area (Å²) in [5.41, 5.74) is 7.99. The minimum atomic E-state index is -0.650. The standard InChI is InChI=1S/C40H48O6S/c1-25(15-18-31-27(3)14-11-21-40(31,4)5)12-10-13-26(2)22-36(42)46-33-19-16-28-23-34(43-6)38(44-7)39(45-8)37(28)29-17-20-35(47-9)32(41)24-30(29)33/h10,12-13,15,17-18,20,22-24,33H,11,14,16,19,21H2,1-9H3/b13-10+,18-15+,25-12+,26-22+/t33-/m0/s1. The van der Waals surface area contributed by atoms with Gasteiger partial charge in [0.1, 0.15) is 6.10 Å². The van der Waals surface area contributed by atoms with Gasteiger partial charge in [0.25, 0.3) is 0 Å². The first-order valence-corrected chi connectivity index (χ1v) is 17.3. The third kappa shape index (κ3) is 8.31. The molecule has 0 N–H and O–H groups in total. The van der Waals surface area contributed by atoms with Crippen LogP contribution in [0.5, 0.6) is 17.2 Å². The van der Waals surface area contributed by atoms with E-state index in [0.717, 1.165) is 34.3 Å². The van der Waals surface area contributed by atoms with Crippen LogP contribution in [-0.4, -0.2) is 33.6 Å². The molecule has 0 heterocycles. The number of hydrogen-bond acceptors (Lipinski definition) is 7. The molecule has 6 nitrogen and oxygen atoms in total. The number of esters is 1. The Bertz CT molecular complexity index is 1720. The largest absolute Gasteiger partial charge is 0.493 e. The van der Waals surface area contributed by atoms with E-state index in [4.69, 9.17) is 18.9 Å². The van der Waals surface area contributed by atoms with Crippen molar-refractivity contribution in [3.63, 3.8) is 0 Å². The number of methoxy groups -OCH3 is 3. The van der Waals surface area contributed by atoms with Crippen molar-refractivity contribution in [1.29, 1.82) is 0 Å². The zero-order chi connectivity index (χ0) is 34.3. The molecule has 7 heteroatoms. The molecule has 0 bridgehead atoms. The van der Waals surface area contributed by atoms with Gasteiger partial charge in [-0.05, 0) is 105 Å². The molecule has 0 saturated heterocycles. The van der Waals surface area contributed by atoms with E-state index in [9.17, 15) is 9.59 Å². The van der Waals surface area contributed by atoms with E-state index in [1.807, 2.05) is 49.6 Å². The van der Waals surface area contributed by atoms with Gasteiger partial charge in [0, 0.05) is 17.2 Å². The van der Waals surface area contributed by atoms with E-state index in [2.05, 4.69) is 39.8 Å². The van der Waals surface area contributed by atoms with Crippen LogP contribution < -0.4 is 19.6 Å². The van der Waals surface area contributed by atoms with E-state index in [1.165, 1.54) is 41.8 Å². The summed E-state index contributed by atoms with van der Waals surface area (Å²) in [5, 5.41) is 0. The molecule has 47 heavy (non-hydrogen) atoms. The van der Waals surface area contributed by atoms with Gasteiger partial charge >= 0.3 is 5.97 Å². The first-order chi connectivity index (χ1) is 22.4. The van der Waals surface area contributed by atoms with Crippen molar-refractivity contribution in [3.05, 3.63) is 104 Å². The highest BCUT2D eigenvalue weighted by Gasteiger charge is 2.31. The van der Waals surface area contributed by atoms with Crippen LogP contribution in [0.3, 0.4) is 0 Å². The monoisotopic (exact) mass is 656 g/mol. The Morgan fingerprint density at radius 3 is 2.38 bits per heavy atom. The van der Waals surface area contributed by atoms with Crippen molar-refractivity contribution in [3.8, 4) is 28.4 Å². The second kappa shape index (κ2) is 15.7. The molecule has 1 atom stereocenters. The summed E-state index contributed by atoms with van der Waals surface area (Å²) in [6.45, 7) is 10.8. The fourth-order valence-electron chi connectivity index (χ4n) is 6.59. The van der Waals surface area contributed by atoms with Gasteiger partial charge in [0.2, 0.25) is 5.75 Å². The molecule has 4 rings (SSSR count). The van der Waals surface area contributed by atoms with Crippen molar-refractivity contribution < 1.29 is 23.7 Å². The van der Waals surface area contributed by atoms with Gasteiger partial charge in [0.05, 0.1) is 26.2 Å². The van der Waals surface area contributed by atoms with Crippen molar-refractivity contribution in [2.75, 3.05) is 27.6 Å². The predicted molar refractivity (Wildman–Crippen MR) is 193 cm³/mol. The van der Waals surface area contributed by atoms with E-state index in [1.54, 1.807) is 27.4 Å². The third-order valence-electron chi connectivity index (χ3n) is 9.04. The molecular formula is C40H48O6S. The van der Waals surface area contributed by atoms with Crippen LogP contribution in [0.4, 0.5) is 0 Å². The molecule has 0 fully saturated rings. The van der Waals surface area contributed by atoms with Gasteiger partial charge < -0.3 is 18.9 Å². The first kappa shape index (κ1) is 35.9. The van der Waals surface area contributed by atoms with Gasteiger partial charge in [-0.3, -0.25) is 4.79 Å². The zero-order valence-electron chi connectivity index (χ0n) is 29.2. The van der Waals surface area contributed by atoms with Crippen molar-refractivity contribution >= 4 is 17.7 Å². The molecule has 2 aromatic carbocycles. The fourth-order valence-corrected chi connectivity index (χ4v) is 7.06. The van der Waals surface area contributed by atoms with Crippen LogP contribution in [-0.2, 0) is 16.0 Å². The van der Waals surface area contributed by atoms with E-state index < -0.39 is 12.1 Å². The highest BCUT2D eigenvalue weighted by molar-refractivity contribution is 7.98. The smallest absolute Gasteiger partial charge is 0.331 e. The molecule has 0 radical (unpaired) electrons. The Morgan fingerprint density at radius 2 is 1.72 bits per heavy atom. The SMILES string of the molecule is COc1cc2c(c(OC)c1OC)-c1ccc(SC)c(=O)cc1[C@@H](OC(=O)/C=C(C)/C=C/C=C(C)/C=C/C1=C(C)CCCC1(C)C)CC2. The quantitative estimate of drug-likeness (QED) is 0.109. The lowest BCUT2D eigenvalue weighted by Gasteiger charge is -2.32. The minimum Gasteiger partial charge on any atom is -0.493 e. The Balaban J connectivity index is 1.61. The van der Waals surface area contributed by atoms with Crippen LogP contribution in [0.1, 0.15) is 77.5 Å². The van der Waals surface area contributed by atoms with E-state index in [-0.39, 0.29) is 10.8 Å². The van der Waals surface area contributed by atoms with Crippen molar-refractivity contribution in [2.45, 2.75) is 77.7 Å². The average molecular weight is 657 g/mol. The van der Waals surface area contributed by atoms with Crippen LogP contribution >= 0.6 is 11.8 Å². The summed E-state index contributed by atoms with van der Waals surface area (Å²) in [5.74, 6) is 1.05. The number of thioether (sulfide) groups is 1. The average Bonchev–Trinajstić information content (AvgIpc) is 3.27. The van der Waals surface area contributed by atoms with Gasteiger partial charge in [-0.15, -0.1) is 11.8 Å². The van der Waals surface area contributed by atoms with Crippen LogP contribution in [0.15, 0.2) is 92.7 Å². The molecule has 0 aromatic heterocycles. The minimum absolute atomic E-state index is 0.132. The highest BCUT2D eigenvalue weighted by atomic mass is 32.2. The number of hydrogen-bond donors (Lipinski definition) is 0. The number of fused-ring (bicyclic) bond motifs is 3. The van der Waals surface area contributed by atoms with Crippen molar-refractivity contribution in [1.82, 2.24) is 0 Å². The molecule has 0 unspecified atom stereocenters. The Kier molecular flexibility index (Phi) is 12.0. The zero-order valence-corrected chi connectivity index (χ0v) is 30.1. The first-order valence-electron chi connectivity index (χ1n) is 16.1. The van der Waals surface area contributed by atoms with Crippen LogP contribution in [0.25, 0.3) is 11.1 Å². The second-order valence-electron chi connectivity index (χ2n) is 12.8. The predicted octanol–water partition coefficient (Wildman–Crippen LogP) is 9.52. The summed E-state index contributed by atoms with van der Waals surface area (Å²) in [6.07, 6.45) is 17.7. The molecular weight excluding hydrogens is 609 g/mol. The third-order valence-corrected chi connectivity index (χ3v) is 9.82. The van der Waals surface area contributed by atoms with E-state index >= 15 is 0 Å². The molecule has 0 spiro atoms. The summed E-state index contributed by atoms with van der Waals surface area (Å²) in [7, 11) is 4.73. The summed E-state index contributed by atoms with van der Waals surface area (Å²) >= 11 is 1.38. The number of carbonyl (C=O) groups is 1. The molecule has 2 aliphatic carbocycles. The topological polar surface area (TPSA) is 71.1 Å². The number of allylic oxidation sites excluding steroid dienone is 9. The second-order valence-corrected chi connectivity index (χ2v) is 13.7. The van der Waals surface area contributed by atoms with Gasteiger partial charge in [-0.2, -0.15) is 0 Å². The van der Waals surface area contributed by atoms with Gasteiger partial charge in [-0.25, -0.2) is 4.79 Å². The number of rotatable bonds is 10.